The molecule has 2 unspecified atom stereocenters. The van der Waals surface area contributed by atoms with Crippen molar-refractivity contribution in [2.45, 2.75) is 38.5 Å². The van der Waals surface area contributed by atoms with E-state index in [1.54, 1.807) is 0 Å². The van der Waals surface area contributed by atoms with Crippen molar-refractivity contribution in [3.05, 3.63) is 35.4 Å². The van der Waals surface area contributed by atoms with Gasteiger partial charge in [-0.1, -0.05) is 24.3 Å². The first kappa shape index (κ1) is 12.6. The van der Waals surface area contributed by atoms with E-state index in [-0.39, 0.29) is 6.10 Å². The van der Waals surface area contributed by atoms with Crippen LogP contribution in [0.3, 0.4) is 0 Å². The molecule has 3 nitrogen and oxygen atoms in total. The smallest absolute Gasteiger partial charge is 0.0524 e. The van der Waals surface area contributed by atoms with E-state index in [4.69, 9.17) is 0 Å². The molecule has 1 heterocycles. The van der Waals surface area contributed by atoms with Gasteiger partial charge in [0, 0.05) is 12.6 Å². The average molecular weight is 234 g/mol. The molecule has 0 aromatic heterocycles. The number of rotatable bonds is 4. The maximum absolute atomic E-state index is 9.28. The molecule has 17 heavy (non-hydrogen) atoms. The SMILES string of the molecule is CC(O)CCNC1CCNCc2ccccc21. The summed E-state index contributed by atoms with van der Waals surface area (Å²) < 4.78 is 0. The zero-order valence-electron chi connectivity index (χ0n) is 10.4. The van der Waals surface area contributed by atoms with Crippen LogP contribution in [0.1, 0.15) is 36.9 Å². The maximum Gasteiger partial charge on any atom is 0.0524 e. The van der Waals surface area contributed by atoms with Crippen LogP contribution in [-0.2, 0) is 6.54 Å². The van der Waals surface area contributed by atoms with E-state index in [0.29, 0.717) is 6.04 Å². The Morgan fingerprint density at radius 2 is 2.29 bits per heavy atom. The summed E-state index contributed by atoms with van der Waals surface area (Å²) in [6.45, 7) is 4.72. The fourth-order valence-electron chi connectivity index (χ4n) is 2.34. The van der Waals surface area contributed by atoms with Gasteiger partial charge < -0.3 is 15.7 Å². The van der Waals surface area contributed by atoms with Crippen molar-refractivity contribution in [1.29, 1.82) is 0 Å². The molecule has 94 valence electrons. The van der Waals surface area contributed by atoms with Crippen LogP contribution in [0.2, 0.25) is 0 Å². The minimum Gasteiger partial charge on any atom is -0.393 e. The second-order valence-corrected chi connectivity index (χ2v) is 4.81. The molecule has 3 N–H and O–H groups in total. The lowest BCUT2D eigenvalue weighted by atomic mass is 9.99. The predicted molar refractivity (Wildman–Crippen MR) is 69.8 cm³/mol. The highest BCUT2D eigenvalue weighted by Gasteiger charge is 2.17. The highest BCUT2D eigenvalue weighted by atomic mass is 16.3. The Balaban J connectivity index is 2.01. The van der Waals surface area contributed by atoms with E-state index in [9.17, 15) is 5.11 Å². The summed E-state index contributed by atoms with van der Waals surface area (Å²) in [5.41, 5.74) is 2.79. The van der Waals surface area contributed by atoms with Crippen LogP contribution in [-0.4, -0.2) is 24.3 Å². The van der Waals surface area contributed by atoms with Gasteiger partial charge in [0.05, 0.1) is 6.10 Å². The van der Waals surface area contributed by atoms with Crippen LogP contribution in [0.25, 0.3) is 0 Å². The molecule has 1 aliphatic heterocycles. The van der Waals surface area contributed by atoms with Crippen LogP contribution >= 0.6 is 0 Å². The first-order valence-corrected chi connectivity index (χ1v) is 6.47. The van der Waals surface area contributed by atoms with Crippen molar-refractivity contribution >= 4 is 0 Å². The zero-order valence-corrected chi connectivity index (χ0v) is 10.4. The van der Waals surface area contributed by atoms with Gasteiger partial charge in [0.1, 0.15) is 0 Å². The number of aliphatic hydroxyl groups excluding tert-OH is 1. The molecule has 0 fully saturated rings. The van der Waals surface area contributed by atoms with Gasteiger partial charge in [-0.2, -0.15) is 0 Å². The molecule has 0 amide bonds. The summed E-state index contributed by atoms with van der Waals surface area (Å²) in [5.74, 6) is 0. The normalized spacial score (nSPS) is 21.6. The Hall–Kier alpha value is -0.900. The minimum absolute atomic E-state index is 0.221. The van der Waals surface area contributed by atoms with Crippen molar-refractivity contribution < 1.29 is 5.11 Å². The molecule has 2 rings (SSSR count). The second-order valence-electron chi connectivity index (χ2n) is 4.81. The van der Waals surface area contributed by atoms with Crippen molar-refractivity contribution in [2.24, 2.45) is 0 Å². The molecular weight excluding hydrogens is 212 g/mol. The first-order valence-electron chi connectivity index (χ1n) is 6.47. The molecule has 1 aliphatic rings. The molecule has 0 saturated carbocycles. The highest BCUT2D eigenvalue weighted by molar-refractivity contribution is 5.30. The molecule has 0 bridgehead atoms. The lowest BCUT2D eigenvalue weighted by Gasteiger charge is -2.19. The molecule has 1 aromatic carbocycles. The summed E-state index contributed by atoms with van der Waals surface area (Å²) in [5, 5.41) is 16.3. The van der Waals surface area contributed by atoms with Gasteiger partial charge >= 0.3 is 0 Å². The number of benzene rings is 1. The van der Waals surface area contributed by atoms with Gasteiger partial charge in [-0.15, -0.1) is 0 Å². The third kappa shape index (κ3) is 3.53. The van der Waals surface area contributed by atoms with Crippen molar-refractivity contribution in [3.63, 3.8) is 0 Å². The molecule has 0 aliphatic carbocycles. The largest absolute Gasteiger partial charge is 0.393 e. The quantitative estimate of drug-likeness (QED) is 0.741. The van der Waals surface area contributed by atoms with Gasteiger partial charge in [-0.25, -0.2) is 0 Å². The van der Waals surface area contributed by atoms with Gasteiger partial charge in [0.25, 0.3) is 0 Å². The maximum atomic E-state index is 9.28. The third-order valence-corrected chi connectivity index (χ3v) is 3.31. The van der Waals surface area contributed by atoms with Crippen LogP contribution in [0.4, 0.5) is 0 Å². The Labute approximate surface area is 103 Å². The Bertz CT molecular complexity index is 352. The van der Waals surface area contributed by atoms with Crippen LogP contribution < -0.4 is 10.6 Å². The fraction of sp³-hybridized carbons (Fsp3) is 0.571. The molecule has 3 heteroatoms. The van der Waals surface area contributed by atoms with E-state index in [1.165, 1.54) is 11.1 Å². The van der Waals surface area contributed by atoms with E-state index in [1.807, 2.05) is 6.92 Å². The first-order chi connectivity index (χ1) is 8.27. The number of aliphatic hydroxyl groups is 1. The van der Waals surface area contributed by atoms with Gasteiger partial charge in [-0.05, 0) is 44.0 Å². The summed E-state index contributed by atoms with van der Waals surface area (Å²) >= 11 is 0. The number of hydrogen-bond donors (Lipinski definition) is 3. The van der Waals surface area contributed by atoms with Crippen LogP contribution in [0, 0.1) is 0 Å². The monoisotopic (exact) mass is 234 g/mol. The van der Waals surface area contributed by atoms with Crippen molar-refractivity contribution in [3.8, 4) is 0 Å². The Morgan fingerprint density at radius 3 is 3.12 bits per heavy atom. The highest BCUT2D eigenvalue weighted by Crippen LogP contribution is 2.23. The topological polar surface area (TPSA) is 44.3 Å². The summed E-state index contributed by atoms with van der Waals surface area (Å²) in [4.78, 5) is 0. The van der Waals surface area contributed by atoms with E-state index in [0.717, 1.165) is 32.5 Å². The lowest BCUT2D eigenvalue weighted by Crippen LogP contribution is -2.26. The average Bonchev–Trinajstić information content (AvgIpc) is 2.52. The molecule has 0 radical (unpaired) electrons. The van der Waals surface area contributed by atoms with Crippen molar-refractivity contribution in [1.82, 2.24) is 10.6 Å². The summed E-state index contributed by atoms with van der Waals surface area (Å²) in [6.07, 6.45) is 1.70. The van der Waals surface area contributed by atoms with Gasteiger partial charge in [0.2, 0.25) is 0 Å². The van der Waals surface area contributed by atoms with Crippen molar-refractivity contribution in [2.75, 3.05) is 13.1 Å². The van der Waals surface area contributed by atoms with Gasteiger partial charge in [-0.3, -0.25) is 0 Å². The number of nitrogens with one attached hydrogen (secondary N) is 2. The number of hydrogen-bond acceptors (Lipinski definition) is 3. The van der Waals surface area contributed by atoms with E-state index in [2.05, 4.69) is 34.9 Å². The van der Waals surface area contributed by atoms with Gasteiger partial charge in [0.15, 0.2) is 0 Å². The Kier molecular flexibility index (Phi) is 4.54. The number of fused-ring (bicyclic) bond motifs is 1. The van der Waals surface area contributed by atoms with Crippen LogP contribution in [0.15, 0.2) is 24.3 Å². The summed E-state index contributed by atoms with van der Waals surface area (Å²) in [7, 11) is 0. The lowest BCUT2D eigenvalue weighted by molar-refractivity contribution is 0.182. The molecule has 2 atom stereocenters. The van der Waals surface area contributed by atoms with E-state index >= 15 is 0 Å². The fourth-order valence-corrected chi connectivity index (χ4v) is 2.34. The predicted octanol–water partition coefficient (Wildman–Crippen LogP) is 1.58. The molecular formula is C14H22N2O. The molecule has 1 aromatic rings. The summed E-state index contributed by atoms with van der Waals surface area (Å²) in [6, 6.07) is 9.02. The Morgan fingerprint density at radius 1 is 1.47 bits per heavy atom. The molecule has 0 spiro atoms. The standard InChI is InChI=1S/C14H22N2O/c1-11(17)6-9-16-14-7-8-15-10-12-4-2-3-5-13(12)14/h2-5,11,14-17H,6-10H2,1H3. The molecule has 0 saturated heterocycles. The third-order valence-electron chi connectivity index (χ3n) is 3.31. The second kappa shape index (κ2) is 6.15. The zero-order chi connectivity index (χ0) is 12.1. The minimum atomic E-state index is -0.221. The van der Waals surface area contributed by atoms with Crippen LogP contribution in [0.5, 0.6) is 0 Å². The van der Waals surface area contributed by atoms with E-state index < -0.39 is 0 Å².